The molecule has 110 valence electrons. The van der Waals surface area contributed by atoms with E-state index < -0.39 is 0 Å². The second kappa shape index (κ2) is 5.68. The van der Waals surface area contributed by atoms with E-state index in [2.05, 4.69) is 36.1 Å². The molecular formula is C18H22N2O. The maximum absolute atomic E-state index is 5.84. The van der Waals surface area contributed by atoms with Crippen LogP contribution in [0.3, 0.4) is 0 Å². The molecule has 0 radical (unpaired) electrons. The van der Waals surface area contributed by atoms with Crippen molar-refractivity contribution in [2.45, 2.75) is 26.3 Å². The lowest BCUT2D eigenvalue weighted by molar-refractivity contribution is 0.409. The van der Waals surface area contributed by atoms with E-state index in [4.69, 9.17) is 10.5 Å². The minimum absolute atomic E-state index is 0.741. The number of benzene rings is 2. The number of hydrogen-bond donors (Lipinski definition) is 1. The Morgan fingerprint density at radius 1 is 1.19 bits per heavy atom. The van der Waals surface area contributed by atoms with E-state index >= 15 is 0 Å². The molecule has 2 aromatic carbocycles. The summed E-state index contributed by atoms with van der Waals surface area (Å²) in [4.78, 5) is 2.44. The number of hydrogen-bond acceptors (Lipinski definition) is 3. The first-order valence-electron chi connectivity index (χ1n) is 7.44. The summed E-state index contributed by atoms with van der Waals surface area (Å²) in [6.45, 7) is 4.10. The number of aryl methyl sites for hydroxylation is 2. The molecule has 0 saturated carbocycles. The molecule has 3 nitrogen and oxygen atoms in total. The molecule has 0 aliphatic carbocycles. The predicted molar refractivity (Wildman–Crippen MR) is 88.0 cm³/mol. The second-order valence-corrected chi connectivity index (χ2v) is 5.73. The van der Waals surface area contributed by atoms with Gasteiger partial charge < -0.3 is 15.4 Å². The summed E-state index contributed by atoms with van der Waals surface area (Å²) < 4.78 is 5.47. The third-order valence-corrected chi connectivity index (χ3v) is 4.12. The highest BCUT2D eigenvalue weighted by molar-refractivity contribution is 5.58. The molecule has 0 spiro atoms. The zero-order chi connectivity index (χ0) is 14.8. The molecule has 21 heavy (non-hydrogen) atoms. The van der Waals surface area contributed by atoms with Crippen molar-refractivity contribution in [1.29, 1.82) is 0 Å². The first-order valence-corrected chi connectivity index (χ1v) is 7.44. The van der Waals surface area contributed by atoms with Crippen LogP contribution >= 0.6 is 0 Å². The average molecular weight is 282 g/mol. The highest BCUT2D eigenvalue weighted by Crippen LogP contribution is 2.31. The SMILES string of the molecule is COc1cc(N)ccc1CN1CCCc2cc(C)ccc21. The van der Waals surface area contributed by atoms with Gasteiger partial charge in [0, 0.05) is 36.1 Å². The number of nitrogen functional groups attached to an aromatic ring is 1. The average Bonchev–Trinajstić information content (AvgIpc) is 2.49. The first kappa shape index (κ1) is 13.8. The molecule has 2 aromatic rings. The lowest BCUT2D eigenvalue weighted by Gasteiger charge is -2.32. The fourth-order valence-electron chi connectivity index (χ4n) is 3.07. The molecule has 0 bridgehead atoms. The van der Waals surface area contributed by atoms with Crippen LogP contribution in [0.4, 0.5) is 11.4 Å². The van der Waals surface area contributed by atoms with Gasteiger partial charge in [-0.25, -0.2) is 0 Å². The molecule has 1 aliphatic heterocycles. The van der Waals surface area contributed by atoms with Crippen LogP contribution < -0.4 is 15.4 Å². The van der Waals surface area contributed by atoms with Crippen LogP contribution in [0.2, 0.25) is 0 Å². The van der Waals surface area contributed by atoms with Crippen molar-refractivity contribution in [2.75, 3.05) is 24.3 Å². The van der Waals surface area contributed by atoms with Crippen LogP contribution in [-0.4, -0.2) is 13.7 Å². The van der Waals surface area contributed by atoms with E-state index in [0.717, 1.165) is 24.5 Å². The Morgan fingerprint density at radius 2 is 2.05 bits per heavy atom. The summed E-state index contributed by atoms with van der Waals surface area (Å²) in [5.74, 6) is 0.870. The third-order valence-electron chi connectivity index (χ3n) is 4.12. The van der Waals surface area contributed by atoms with Crippen molar-refractivity contribution in [2.24, 2.45) is 0 Å². The van der Waals surface area contributed by atoms with Gasteiger partial charge in [-0.05, 0) is 37.5 Å². The van der Waals surface area contributed by atoms with Crippen molar-refractivity contribution >= 4 is 11.4 Å². The summed E-state index contributed by atoms with van der Waals surface area (Å²) in [7, 11) is 1.70. The van der Waals surface area contributed by atoms with Crippen molar-refractivity contribution in [3.63, 3.8) is 0 Å². The van der Waals surface area contributed by atoms with Gasteiger partial charge in [-0.1, -0.05) is 23.8 Å². The first-order chi connectivity index (χ1) is 10.2. The Morgan fingerprint density at radius 3 is 2.86 bits per heavy atom. The van der Waals surface area contributed by atoms with E-state index in [1.54, 1.807) is 7.11 Å². The van der Waals surface area contributed by atoms with Gasteiger partial charge in [0.2, 0.25) is 0 Å². The predicted octanol–water partition coefficient (Wildman–Crippen LogP) is 3.54. The molecule has 0 fully saturated rings. The van der Waals surface area contributed by atoms with Gasteiger partial charge in [0.15, 0.2) is 0 Å². The number of anilines is 2. The molecular weight excluding hydrogens is 260 g/mol. The zero-order valence-electron chi connectivity index (χ0n) is 12.7. The smallest absolute Gasteiger partial charge is 0.125 e. The highest BCUT2D eigenvalue weighted by Gasteiger charge is 2.18. The zero-order valence-corrected chi connectivity index (χ0v) is 12.7. The van der Waals surface area contributed by atoms with Crippen molar-refractivity contribution in [3.05, 3.63) is 53.1 Å². The van der Waals surface area contributed by atoms with Crippen molar-refractivity contribution in [1.82, 2.24) is 0 Å². The van der Waals surface area contributed by atoms with Gasteiger partial charge in [0.05, 0.1) is 7.11 Å². The van der Waals surface area contributed by atoms with Crippen LogP contribution in [0.1, 0.15) is 23.1 Å². The van der Waals surface area contributed by atoms with Gasteiger partial charge in [-0.3, -0.25) is 0 Å². The minimum Gasteiger partial charge on any atom is -0.496 e. The quantitative estimate of drug-likeness (QED) is 0.875. The lowest BCUT2D eigenvalue weighted by Crippen LogP contribution is -2.29. The standard InChI is InChI=1S/C18H22N2O/c1-13-5-8-17-14(10-13)4-3-9-20(17)12-15-6-7-16(19)11-18(15)21-2/h5-8,10-11H,3-4,9,12,19H2,1-2H3. The summed E-state index contributed by atoms with van der Waals surface area (Å²) in [5, 5.41) is 0. The number of nitrogens with two attached hydrogens (primary N) is 1. The number of fused-ring (bicyclic) bond motifs is 1. The van der Waals surface area contributed by atoms with E-state index in [0.29, 0.717) is 0 Å². The van der Waals surface area contributed by atoms with Gasteiger partial charge in [0.25, 0.3) is 0 Å². The summed E-state index contributed by atoms with van der Waals surface area (Å²) >= 11 is 0. The Kier molecular flexibility index (Phi) is 3.74. The Hall–Kier alpha value is -2.16. The second-order valence-electron chi connectivity index (χ2n) is 5.73. The molecule has 0 saturated heterocycles. The molecule has 0 amide bonds. The topological polar surface area (TPSA) is 38.5 Å². The number of methoxy groups -OCH3 is 1. The number of rotatable bonds is 3. The molecule has 3 rings (SSSR count). The number of nitrogens with zero attached hydrogens (tertiary/aromatic N) is 1. The van der Waals surface area contributed by atoms with E-state index in [1.165, 1.54) is 35.2 Å². The van der Waals surface area contributed by atoms with Gasteiger partial charge in [-0.2, -0.15) is 0 Å². The fourth-order valence-corrected chi connectivity index (χ4v) is 3.07. The van der Waals surface area contributed by atoms with E-state index in [-0.39, 0.29) is 0 Å². The van der Waals surface area contributed by atoms with Crippen LogP contribution in [-0.2, 0) is 13.0 Å². The normalized spacial score (nSPS) is 13.9. The molecule has 0 atom stereocenters. The maximum Gasteiger partial charge on any atom is 0.125 e. The summed E-state index contributed by atoms with van der Waals surface area (Å²) in [5.41, 5.74) is 11.9. The monoisotopic (exact) mass is 282 g/mol. The van der Waals surface area contributed by atoms with Gasteiger partial charge in [0.1, 0.15) is 5.75 Å². The maximum atomic E-state index is 5.84. The molecule has 0 unspecified atom stereocenters. The van der Waals surface area contributed by atoms with Crippen LogP contribution in [0.5, 0.6) is 5.75 Å². The largest absolute Gasteiger partial charge is 0.496 e. The lowest BCUT2D eigenvalue weighted by atomic mass is 9.99. The van der Waals surface area contributed by atoms with Gasteiger partial charge in [-0.15, -0.1) is 0 Å². The molecule has 1 heterocycles. The molecule has 2 N–H and O–H groups in total. The van der Waals surface area contributed by atoms with Crippen molar-refractivity contribution < 1.29 is 4.74 Å². The number of ether oxygens (including phenoxy) is 1. The van der Waals surface area contributed by atoms with E-state index in [9.17, 15) is 0 Å². The highest BCUT2D eigenvalue weighted by atomic mass is 16.5. The van der Waals surface area contributed by atoms with Gasteiger partial charge >= 0.3 is 0 Å². The Labute approximate surface area is 126 Å². The molecule has 1 aliphatic rings. The van der Waals surface area contributed by atoms with Crippen LogP contribution in [0, 0.1) is 6.92 Å². The summed E-state index contributed by atoms with van der Waals surface area (Å²) in [6.07, 6.45) is 2.38. The van der Waals surface area contributed by atoms with Crippen LogP contribution in [0.15, 0.2) is 36.4 Å². The summed E-state index contributed by atoms with van der Waals surface area (Å²) in [6, 6.07) is 12.6. The Bertz CT molecular complexity index is 652. The van der Waals surface area contributed by atoms with E-state index in [1.807, 2.05) is 12.1 Å². The minimum atomic E-state index is 0.741. The fraction of sp³-hybridized carbons (Fsp3) is 0.333. The van der Waals surface area contributed by atoms with Crippen molar-refractivity contribution in [3.8, 4) is 5.75 Å². The third kappa shape index (κ3) is 2.82. The molecule has 0 aromatic heterocycles. The Balaban J connectivity index is 1.90. The molecule has 3 heteroatoms. The van der Waals surface area contributed by atoms with Crippen LogP contribution in [0.25, 0.3) is 0 Å².